The van der Waals surface area contributed by atoms with Gasteiger partial charge in [0.15, 0.2) is 0 Å². The van der Waals surface area contributed by atoms with E-state index in [0.29, 0.717) is 18.5 Å². The molecule has 2 aliphatic rings. The first-order valence-electron chi connectivity index (χ1n) is 10.7. The largest absolute Gasteiger partial charge is 0.497 e. The lowest BCUT2D eigenvalue weighted by Gasteiger charge is -2.28. The highest BCUT2D eigenvalue weighted by molar-refractivity contribution is 5.99. The Labute approximate surface area is 177 Å². The first-order valence-corrected chi connectivity index (χ1v) is 10.7. The molecule has 0 aromatic heterocycles. The van der Waals surface area contributed by atoms with Gasteiger partial charge in [-0.3, -0.25) is 14.5 Å². The number of rotatable bonds is 7. The summed E-state index contributed by atoms with van der Waals surface area (Å²) in [4.78, 5) is 29.1. The predicted octanol–water partition coefficient (Wildman–Crippen LogP) is 3.39. The third-order valence-electron chi connectivity index (χ3n) is 6.01. The number of hydrogen-bond acceptors (Lipinski definition) is 4. The highest BCUT2D eigenvalue weighted by Crippen LogP contribution is 2.27. The van der Waals surface area contributed by atoms with Gasteiger partial charge in [0.25, 0.3) is 5.91 Å². The fraction of sp³-hybridized carbons (Fsp3) is 0.417. The zero-order valence-corrected chi connectivity index (χ0v) is 17.5. The molecule has 1 N–H and O–H groups in total. The second kappa shape index (κ2) is 9.30. The molecule has 2 aromatic rings. The van der Waals surface area contributed by atoms with Crippen molar-refractivity contribution in [3.05, 3.63) is 59.7 Å². The average Bonchev–Trinajstić information content (AvgIpc) is 3.46. The molecule has 6 heteroatoms. The molecule has 30 heavy (non-hydrogen) atoms. The van der Waals surface area contributed by atoms with E-state index in [1.165, 1.54) is 12.8 Å². The molecule has 2 heterocycles. The van der Waals surface area contributed by atoms with Gasteiger partial charge in [0.05, 0.1) is 13.2 Å². The summed E-state index contributed by atoms with van der Waals surface area (Å²) in [6, 6.07) is 15.5. The Morgan fingerprint density at radius 2 is 1.87 bits per heavy atom. The first kappa shape index (κ1) is 20.4. The number of benzene rings is 2. The molecule has 0 bridgehead atoms. The van der Waals surface area contributed by atoms with Crippen LogP contribution in [0.15, 0.2) is 48.5 Å². The van der Waals surface area contributed by atoms with E-state index in [9.17, 15) is 9.59 Å². The summed E-state index contributed by atoms with van der Waals surface area (Å²) in [6.07, 6.45) is 3.81. The highest BCUT2D eigenvalue weighted by atomic mass is 16.5. The minimum absolute atomic E-state index is 0.106. The van der Waals surface area contributed by atoms with Crippen molar-refractivity contribution in [1.29, 1.82) is 0 Å². The molecule has 6 nitrogen and oxygen atoms in total. The maximum Gasteiger partial charge on any atom is 0.251 e. The van der Waals surface area contributed by atoms with Crippen LogP contribution in [0.5, 0.6) is 5.75 Å². The Morgan fingerprint density at radius 3 is 2.60 bits per heavy atom. The van der Waals surface area contributed by atoms with Crippen LogP contribution in [-0.4, -0.2) is 50.0 Å². The maximum absolute atomic E-state index is 12.9. The van der Waals surface area contributed by atoms with Crippen molar-refractivity contribution < 1.29 is 14.3 Å². The van der Waals surface area contributed by atoms with Crippen LogP contribution in [0.3, 0.4) is 0 Å². The smallest absolute Gasteiger partial charge is 0.251 e. The molecule has 2 fully saturated rings. The number of amides is 2. The SMILES string of the molecule is COc1cccc(C(CNC(=O)c2cccc(N3CCCC3=O)c2)N2CCCC2)c1. The summed E-state index contributed by atoms with van der Waals surface area (Å²) in [6.45, 7) is 3.31. The van der Waals surface area contributed by atoms with Crippen LogP contribution in [0, 0.1) is 0 Å². The maximum atomic E-state index is 12.9. The Morgan fingerprint density at radius 1 is 1.07 bits per heavy atom. The molecule has 0 saturated carbocycles. The van der Waals surface area contributed by atoms with Crippen molar-refractivity contribution in [2.75, 3.05) is 38.2 Å². The number of hydrogen-bond donors (Lipinski definition) is 1. The second-order valence-corrected chi connectivity index (χ2v) is 7.94. The van der Waals surface area contributed by atoms with Crippen LogP contribution in [0.1, 0.15) is 47.6 Å². The summed E-state index contributed by atoms with van der Waals surface area (Å²) < 4.78 is 5.40. The van der Waals surface area contributed by atoms with Gasteiger partial charge < -0.3 is 15.0 Å². The molecule has 2 aliphatic heterocycles. The molecule has 0 aliphatic carbocycles. The minimum Gasteiger partial charge on any atom is -0.497 e. The van der Waals surface area contributed by atoms with E-state index in [1.54, 1.807) is 18.1 Å². The van der Waals surface area contributed by atoms with Crippen LogP contribution in [0.4, 0.5) is 5.69 Å². The van der Waals surface area contributed by atoms with E-state index in [2.05, 4.69) is 22.3 Å². The number of likely N-dealkylation sites (tertiary alicyclic amines) is 1. The number of carbonyl (C=O) groups excluding carboxylic acids is 2. The molecule has 0 radical (unpaired) electrons. The van der Waals surface area contributed by atoms with E-state index in [4.69, 9.17) is 4.74 Å². The van der Waals surface area contributed by atoms with Crippen molar-refractivity contribution in [1.82, 2.24) is 10.2 Å². The zero-order valence-electron chi connectivity index (χ0n) is 17.5. The van der Waals surface area contributed by atoms with E-state index < -0.39 is 0 Å². The lowest BCUT2D eigenvalue weighted by atomic mass is 10.0. The van der Waals surface area contributed by atoms with Crippen LogP contribution in [0.2, 0.25) is 0 Å². The van der Waals surface area contributed by atoms with Crippen LogP contribution in [-0.2, 0) is 4.79 Å². The highest BCUT2D eigenvalue weighted by Gasteiger charge is 2.25. The average molecular weight is 408 g/mol. The summed E-state index contributed by atoms with van der Waals surface area (Å²) >= 11 is 0. The molecular formula is C24H29N3O3. The topological polar surface area (TPSA) is 61.9 Å². The van der Waals surface area contributed by atoms with E-state index in [0.717, 1.165) is 43.1 Å². The molecule has 4 rings (SSSR count). The van der Waals surface area contributed by atoms with E-state index >= 15 is 0 Å². The lowest BCUT2D eigenvalue weighted by molar-refractivity contribution is -0.117. The fourth-order valence-corrected chi connectivity index (χ4v) is 4.39. The normalized spacial score (nSPS) is 17.9. The summed E-state index contributed by atoms with van der Waals surface area (Å²) in [5.74, 6) is 0.835. The van der Waals surface area contributed by atoms with E-state index in [1.807, 2.05) is 30.3 Å². The summed E-state index contributed by atoms with van der Waals surface area (Å²) in [7, 11) is 1.67. The number of ether oxygens (including phenoxy) is 1. The van der Waals surface area contributed by atoms with Gasteiger partial charge in [0.1, 0.15) is 5.75 Å². The Kier molecular flexibility index (Phi) is 6.33. The predicted molar refractivity (Wildman–Crippen MR) is 117 cm³/mol. The van der Waals surface area contributed by atoms with Crippen LogP contribution < -0.4 is 15.0 Å². The number of anilines is 1. The van der Waals surface area contributed by atoms with Gasteiger partial charge in [-0.15, -0.1) is 0 Å². The molecule has 0 spiro atoms. The second-order valence-electron chi connectivity index (χ2n) is 7.94. The fourth-order valence-electron chi connectivity index (χ4n) is 4.39. The number of nitrogens with one attached hydrogen (secondary N) is 1. The molecule has 1 unspecified atom stereocenters. The summed E-state index contributed by atoms with van der Waals surface area (Å²) in [5, 5.41) is 3.12. The van der Waals surface area contributed by atoms with Crippen molar-refractivity contribution in [3.63, 3.8) is 0 Å². The van der Waals surface area contributed by atoms with Gasteiger partial charge in [0, 0.05) is 30.8 Å². The quantitative estimate of drug-likeness (QED) is 0.764. The van der Waals surface area contributed by atoms with Gasteiger partial charge in [-0.25, -0.2) is 0 Å². The number of nitrogens with zero attached hydrogens (tertiary/aromatic N) is 2. The monoisotopic (exact) mass is 407 g/mol. The minimum atomic E-state index is -0.115. The third kappa shape index (κ3) is 4.49. The zero-order chi connectivity index (χ0) is 20.9. The van der Waals surface area contributed by atoms with Gasteiger partial charge in [-0.1, -0.05) is 18.2 Å². The molecule has 2 saturated heterocycles. The molecule has 2 amide bonds. The van der Waals surface area contributed by atoms with Crippen molar-refractivity contribution in [3.8, 4) is 5.75 Å². The number of carbonyl (C=O) groups is 2. The van der Waals surface area contributed by atoms with Crippen molar-refractivity contribution in [2.45, 2.75) is 31.7 Å². The Hall–Kier alpha value is -2.86. The van der Waals surface area contributed by atoms with Gasteiger partial charge in [-0.05, 0) is 68.2 Å². The Bertz CT molecular complexity index is 908. The van der Waals surface area contributed by atoms with Crippen LogP contribution in [0.25, 0.3) is 0 Å². The molecule has 158 valence electrons. The number of methoxy groups -OCH3 is 1. The third-order valence-corrected chi connectivity index (χ3v) is 6.01. The molecule has 2 aromatic carbocycles. The van der Waals surface area contributed by atoms with Crippen molar-refractivity contribution in [2.24, 2.45) is 0 Å². The van der Waals surface area contributed by atoms with Crippen LogP contribution >= 0.6 is 0 Å². The van der Waals surface area contributed by atoms with Crippen molar-refractivity contribution >= 4 is 17.5 Å². The Balaban J connectivity index is 1.48. The van der Waals surface area contributed by atoms with E-state index in [-0.39, 0.29) is 17.9 Å². The van der Waals surface area contributed by atoms with Gasteiger partial charge in [0.2, 0.25) is 5.91 Å². The lowest BCUT2D eigenvalue weighted by Crippen LogP contribution is -2.37. The van der Waals surface area contributed by atoms with Gasteiger partial charge in [-0.2, -0.15) is 0 Å². The van der Waals surface area contributed by atoms with Gasteiger partial charge >= 0.3 is 0 Å². The standard InChI is InChI=1S/C24H29N3O3/c1-30-21-10-5-7-18(16-21)22(26-12-2-3-13-26)17-25-24(29)19-8-4-9-20(15-19)27-14-6-11-23(27)28/h4-5,7-10,15-16,22H,2-3,6,11-14,17H2,1H3,(H,25,29). The first-order chi connectivity index (χ1) is 14.7. The molecule has 1 atom stereocenters. The molecular weight excluding hydrogens is 378 g/mol. The summed E-state index contributed by atoms with van der Waals surface area (Å²) in [5.41, 5.74) is 2.53.